The Bertz CT molecular complexity index is 275. The minimum atomic E-state index is -3.58. The van der Waals surface area contributed by atoms with Crippen LogP contribution in [-0.4, -0.2) is 42.5 Å². The first kappa shape index (κ1) is 8.76. The number of carbonyl (C=O) groups is 1. The molecule has 0 aromatic heterocycles. The summed E-state index contributed by atoms with van der Waals surface area (Å²) in [5.74, 6) is 0. The molecule has 0 spiro atoms. The van der Waals surface area contributed by atoms with Crippen molar-refractivity contribution in [2.75, 3.05) is 20.1 Å². The van der Waals surface area contributed by atoms with Crippen LogP contribution in [-0.2, 0) is 10.2 Å². The number of nitrogens with zero attached hydrogens (tertiary/aromatic N) is 2. The summed E-state index contributed by atoms with van der Waals surface area (Å²) >= 11 is 5.02. The van der Waals surface area contributed by atoms with E-state index in [-0.39, 0.29) is 6.54 Å². The van der Waals surface area contributed by atoms with Crippen LogP contribution in [0.15, 0.2) is 0 Å². The summed E-state index contributed by atoms with van der Waals surface area (Å²) in [6.07, 6.45) is 0. The molecule has 1 fully saturated rings. The van der Waals surface area contributed by atoms with Crippen LogP contribution in [0.1, 0.15) is 0 Å². The lowest BCUT2D eigenvalue weighted by atomic mass is 10.6. The van der Waals surface area contributed by atoms with E-state index in [1.54, 1.807) is 0 Å². The van der Waals surface area contributed by atoms with Crippen molar-refractivity contribution in [1.29, 1.82) is 0 Å². The molecule has 0 unspecified atom stereocenters. The summed E-state index contributed by atoms with van der Waals surface area (Å²) in [5, 5.41) is -0.950. The molecule has 5 nitrogen and oxygen atoms in total. The second-order valence-electron chi connectivity index (χ2n) is 2.15. The number of halogens is 1. The number of carbonyl (C=O) groups excluding carboxylic acids is 1. The third-order valence-corrected chi connectivity index (χ3v) is 3.67. The Kier molecular flexibility index (Phi) is 2.08. The van der Waals surface area contributed by atoms with E-state index >= 15 is 0 Å². The van der Waals surface area contributed by atoms with Gasteiger partial charge < -0.3 is 0 Å². The predicted molar refractivity (Wildman–Crippen MR) is 39.5 cm³/mol. The number of amides is 1. The van der Waals surface area contributed by atoms with Crippen molar-refractivity contribution < 1.29 is 13.2 Å². The topological polar surface area (TPSA) is 57.7 Å². The van der Waals surface area contributed by atoms with Gasteiger partial charge in [-0.3, -0.25) is 4.79 Å². The van der Waals surface area contributed by atoms with E-state index in [0.29, 0.717) is 10.8 Å². The van der Waals surface area contributed by atoms with Gasteiger partial charge in [0.25, 0.3) is 0 Å². The molecule has 1 heterocycles. The molecule has 0 radical (unpaired) electrons. The van der Waals surface area contributed by atoms with Gasteiger partial charge in [0.15, 0.2) is 0 Å². The predicted octanol–water partition coefficient (Wildman–Crippen LogP) is -0.163. The van der Waals surface area contributed by atoms with Gasteiger partial charge in [0.2, 0.25) is 0 Å². The molecule has 1 amide bonds. The average Bonchev–Trinajstić information content (AvgIpc) is 2.08. The van der Waals surface area contributed by atoms with Crippen LogP contribution in [0.5, 0.6) is 0 Å². The van der Waals surface area contributed by atoms with Crippen molar-refractivity contribution in [1.82, 2.24) is 8.61 Å². The fourth-order valence-electron chi connectivity index (χ4n) is 0.809. The second-order valence-corrected chi connectivity index (χ2v) is 4.44. The maximum absolute atomic E-state index is 11.1. The van der Waals surface area contributed by atoms with Gasteiger partial charge in [-0.15, -0.1) is 0 Å². The van der Waals surface area contributed by atoms with Crippen LogP contribution in [0.4, 0.5) is 4.79 Å². The molecule has 0 aromatic carbocycles. The Balaban J connectivity index is 2.97. The summed E-state index contributed by atoms with van der Waals surface area (Å²) in [6, 6.07) is 0. The van der Waals surface area contributed by atoms with Gasteiger partial charge in [-0.05, 0) is 11.6 Å². The number of likely N-dealkylation sites (N-methyl/N-ethyl adjacent to an activating group) is 1. The Morgan fingerprint density at radius 3 is 2.18 bits per heavy atom. The van der Waals surface area contributed by atoms with Crippen LogP contribution in [0, 0.1) is 0 Å². The maximum Gasteiger partial charge on any atom is 0.331 e. The second kappa shape index (κ2) is 2.62. The van der Waals surface area contributed by atoms with Crippen LogP contribution >= 0.6 is 11.6 Å². The largest absolute Gasteiger partial charge is 0.331 e. The zero-order valence-electron chi connectivity index (χ0n) is 5.82. The fourth-order valence-corrected chi connectivity index (χ4v) is 2.30. The van der Waals surface area contributed by atoms with Gasteiger partial charge in [0.1, 0.15) is 0 Å². The lowest BCUT2D eigenvalue weighted by Gasteiger charge is -2.11. The highest BCUT2D eigenvalue weighted by Crippen LogP contribution is 2.15. The summed E-state index contributed by atoms with van der Waals surface area (Å²) in [6.45, 7) is 0.446. The Morgan fingerprint density at radius 1 is 1.45 bits per heavy atom. The van der Waals surface area contributed by atoms with E-state index in [0.717, 1.165) is 4.31 Å². The fraction of sp³-hybridized carbons (Fsp3) is 0.750. The molecule has 11 heavy (non-hydrogen) atoms. The van der Waals surface area contributed by atoms with Crippen LogP contribution in [0.25, 0.3) is 0 Å². The van der Waals surface area contributed by atoms with Crippen molar-refractivity contribution in [3.8, 4) is 0 Å². The standard InChI is InChI=1S/C4H7ClN2O3S/c1-6-2-3-7(4(5)8)11(6,9)10/h2-3H2,1H3. The van der Waals surface area contributed by atoms with E-state index in [9.17, 15) is 13.2 Å². The first-order valence-electron chi connectivity index (χ1n) is 2.89. The number of hydrogen-bond donors (Lipinski definition) is 0. The molecule has 64 valence electrons. The van der Waals surface area contributed by atoms with Crippen LogP contribution < -0.4 is 0 Å². The van der Waals surface area contributed by atoms with Crippen molar-refractivity contribution in [3.63, 3.8) is 0 Å². The molecular formula is C4H7ClN2O3S. The zero-order chi connectivity index (χ0) is 8.65. The SMILES string of the molecule is CN1CCN(C(=O)Cl)S1(=O)=O. The first-order valence-corrected chi connectivity index (χ1v) is 4.67. The van der Waals surface area contributed by atoms with Crippen molar-refractivity contribution in [2.24, 2.45) is 0 Å². The highest BCUT2D eigenvalue weighted by Gasteiger charge is 2.36. The van der Waals surface area contributed by atoms with Crippen molar-refractivity contribution in [2.45, 2.75) is 0 Å². The van der Waals surface area contributed by atoms with Crippen LogP contribution in [0.3, 0.4) is 0 Å². The van der Waals surface area contributed by atoms with E-state index in [2.05, 4.69) is 0 Å². The molecule has 0 bridgehead atoms. The summed E-state index contributed by atoms with van der Waals surface area (Å²) < 4.78 is 23.9. The van der Waals surface area contributed by atoms with Crippen LogP contribution in [0.2, 0.25) is 0 Å². The van der Waals surface area contributed by atoms with E-state index < -0.39 is 15.6 Å². The maximum atomic E-state index is 11.1. The molecule has 0 saturated carbocycles. The Morgan fingerprint density at radius 2 is 2.00 bits per heavy atom. The molecule has 1 aliphatic heterocycles. The molecule has 7 heteroatoms. The molecule has 0 N–H and O–H groups in total. The van der Waals surface area contributed by atoms with Gasteiger partial charge in [0, 0.05) is 13.6 Å². The summed E-state index contributed by atoms with van der Waals surface area (Å²) in [4.78, 5) is 10.5. The third-order valence-electron chi connectivity index (χ3n) is 1.49. The lowest BCUT2D eigenvalue weighted by Crippen LogP contribution is -2.32. The number of hydrogen-bond acceptors (Lipinski definition) is 3. The van der Waals surface area contributed by atoms with Crippen molar-refractivity contribution >= 4 is 27.2 Å². The van der Waals surface area contributed by atoms with Gasteiger partial charge in [-0.2, -0.15) is 12.7 Å². The van der Waals surface area contributed by atoms with Gasteiger partial charge >= 0.3 is 15.6 Å². The van der Waals surface area contributed by atoms with Gasteiger partial charge in [-0.1, -0.05) is 0 Å². The number of rotatable bonds is 0. The zero-order valence-corrected chi connectivity index (χ0v) is 7.39. The molecule has 1 rings (SSSR count). The highest BCUT2D eigenvalue weighted by atomic mass is 35.5. The molecular weight excluding hydrogens is 192 g/mol. The molecule has 1 saturated heterocycles. The minimum absolute atomic E-state index is 0.140. The Labute approximate surface area is 69.7 Å². The van der Waals surface area contributed by atoms with Crippen molar-refractivity contribution in [3.05, 3.63) is 0 Å². The van der Waals surface area contributed by atoms with E-state index in [1.807, 2.05) is 0 Å². The van der Waals surface area contributed by atoms with Gasteiger partial charge in [-0.25, -0.2) is 4.31 Å². The molecule has 0 aliphatic carbocycles. The quantitative estimate of drug-likeness (QED) is 0.401. The minimum Gasteiger partial charge on any atom is -0.254 e. The normalized spacial score (nSPS) is 24.0. The highest BCUT2D eigenvalue weighted by molar-refractivity contribution is 7.87. The third kappa shape index (κ3) is 1.33. The summed E-state index contributed by atoms with van der Waals surface area (Å²) in [7, 11) is -2.18. The average molecular weight is 199 g/mol. The molecule has 0 aromatic rings. The molecule has 1 aliphatic rings. The first-order chi connectivity index (χ1) is 4.96. The summed E-state index contributed by atoms with van der Waals surface area (Å²) in [5.41, 5.74) is 0. The Hall–Kier alpha value is -0.330. The van der Waals surface area contributed by atoms with E-state index in [4.69, 9.17) is 11.6 Å². The molecule has 0 atom stereocenters. The smallest absolute Gasteiger partial charge is 0.254 e. The lowest BCUT2D eigenvalue weighted by molar-refractivity contribution is 0.247. The van der Waals surface area contributed by atoms with Gasteiger partial charge in [0.05, 0.1) is 6.54 Å². The monoisotopic (exact) mass is 198 g/mol. The van der Waals surface area contributed by atoms with E-state index in [1.165, 1.54) is 7.05 Å².